The van der Waals surface area contributed by atoms with Crippen LogP contribution in [0.2, 0.25) is 0 Å². The van der Waals surface area contributed by atoms with E-state index in [0.717, 1.165) is 5.56 Å². The summed E-state index contributed by atoms with van der Waals surface area (Å²) in [4.78, 5) is 12.6. The second-order valence-corrected chi connectivity index (χ2v) is 7.67. The molecule has 3 aromatic rings. The van der Waals surface area contributed by atoms with Crippen molar-refractivity contribution in [3.8, 4) is 40.2 Å². The molecule has 0 saturated carbocycles. The van der Waals surface area contributed by atoms with E-state index in [1.54, 1.807) is 48.6 Å². The minimum atomic E-state index is -0.449. The molecule has 0 aliphatic heterocycles. The number of carbonyl (C=O) groups excluding carboxylic acids is 1. The molecule has 0 aliphatic carbocycles. The van der Waals surface area contributed by atoms with E-state index in [2.05, 4.69) is 5.32 Å². The maximum atomic E-state index is 12.6. The number of hydrogen-bond donors (Lipinski definition) is 3. The fourth-order valence-electron chi connectivity index (χ4n) is 3.57. The summed E-state index contributed by atoms with van der Waals surface area (Å²) in [5.74, 6) is 1.32. The average molecular weight is 508 g/mol. The molecule has 0 aromatic heterocycles. The minimum Gasteiger partial charge on any atom is -0.504 e. The van der Waals surface area contributed by atoms with Crippen LogP contribution < -0.4 is 29.0 Å². The first-order chi connectivity index (χ1) is 17.8. The Morgan fingerprint density at radius 1 is 0.649 bits per heavy atom. The van der Waals surface area contributed by atoms with Crippen LogP contribution in [-0.4, -0.2) is 51.7 Å². The van der Waals surface area contributed by atoms with Crippen molar-refractivity contribution in [3.63, 3.8) is 0 Å². The van der Waals surface area contributed by atoms with E-state index in [-0.39, 0.29) is 22.9 Å². The molecule has 0 saturated heterocycles. The summed E-state index contributed by atoms with van der Waals surface area (Å²) in [6, 6.07) is 11.5. The lowest BCUT2D eigenvalue weighted by atomic mass is 10.1. The summed E-state index contributed by atoms with van der Waals surface area (Å²) in [5.41, 5.74) is 2.31. The van der Waals surface area contributed by atoms with Gasteiger partial charge in [-0.15, -0.1) is 0 Å². The van der Waals surface area contributed by atoms with Gasteiger partial charge in [0.2, 0.25) is 11.7 Å². The number of phenols is 2. The molecule has 0 atom stereocenters. The quantitative estimate of drug-likeness (QED) is 0.260. The smallest absolute Gasteiger partial charge is 0.248 e. The summed E-state index contributed by atoms with van der Waals surface area (Å²) >= 11 is 0. The molecular formula is C28H29NO8. The summed E-state index contributed by atoms with van der Waals surface area (Å²) in [6.07, 6.45) is 6.45. The van der Waals surface area contributed by atoms with E-state index in [1.807, 2.05) is 0 Å². The largest absolute Gasteiger partial charge is 0.504 e. The molecule has 9 heteroatoms. The molecule has 1 amide bonds. The Hall–Kier alpha value is -4.79. The molecule has 3 aromatic carbocycles. The zero-order valence-corrected chi connectivity index (χ0v) is 21.2. The molecule has 9 nitrogen and oxygen atoms in total. The molecule has 0 aliphatic rings. The Labute approximate surface area is 215 Å². The average Bonchev–Trinajstić information content (AvgIpc) is 2.90. The van der Waals surface area contributed by atoms with Crippen LogP contribution in [0.1, 0.15) is 16.7 Å². The fraction of sp³-hybridized carbons (Fsp3) is 0.179. The molecule has 0 heterocycles. The van der Waals surface area contributed by atoms with Crippen molar-refractivity contribution in [2.24, 2.45) is 0 Å². The third-order valence-electron chi connectivity index (χ3n) is 5.34. The number of benzene rings is 3. The first-order valence-corrected chi connectivity index (χ1v) is 11.1. The van der Waals surface area contributed by atoms with Crippen molar-refractivity contribution in [2.75, 3.05) is 40.9 Å². The molecule has 0 bridgehead atoms. The molecule has 3 N–H and O–H groups in total. The SMILES string of the molecule is COc1cc(/C=C/C(=O)Nc2cc(C=Cc3cc(OC)c(OC)c(OC)c3)cc(O)c2OC)ccc1O. The maximum absolute atomic E-state index is 12.6. The fourth-order valence-corrected chi connectivity index (χ4v) is 3.57. The highest BCUT2D eigenvalue weighted by Gasteiger charge is 2.14. The third kappa shape index (κ3) is 6.46. The van der Waals surface area contributed by atoms with Gasteiger partial charge in [0.05, 0.1) is 41.2 Å². The highest BCUT2D eigenvalue weighted by atomic mass is 16.5. The van der Waals surface area contributed by atoms with Crippen molar-refractivity contribution < 1.29 is 38.7 Å². The Bertz CT molecular complexity index is 1300. The van der Waals surface area contributed by atoms with Crippen LogP contribution in [0.4, 0.5) is 5.69 Å². The van der Waals surface area contributed by atoms with Crippen LogP contribution in [0.3, 0.4) is 0 Å². The lowest BCUT2D eigenvalue weighted by molar-refractivity contribution is -0.111. The van der Waals surface area contributed by atoms with E-state index in [4.69, 9.17) is 23.7 Å². The summed E-state index contributed by atoms with van der Waals surface area (Å²) in [5, 5.41) is 22.9. The van der Waals surface area contributed by atoms with Crippen LogP contribution >= 0.6 is 0 Å². The van der Waals surface area contributed by atoms with Gasteiger partial charge in [0.15, 0.2) is 34.5 Å². The van der Waals surface area contributed by atoms with Gasteiger partial charge in [0.25, 0.3) is 0 Å². The van der Waals surface area contributed by atoms with Gasteiger partial charge in [-0.2, -0.15) is 0 Å². The van der Waals surface area contributed by atoms with Gasteiger partial charge in [0.1, 0.15) is 0 Å². The number of nitrogens with one attached hydrogen (secondary N) is 1. The normalized spacial score (nSPS) is 10.9. The van der Waals surface area contributed by atoms with Crippen LogP contribution in [0.25, 0.3) is 18.2 Å². The minimum absolute atomic E-state index is 0.000658. The molecule has 37 heavy (non-hydrogen) atoms. The van der Waals surface area contributed by atoms with Gasteiger partial charge in [-0.05, 0) is 59.2 Å². The zero-order chi connectivity index (χ0) is 26.9. The van der Waals surface area contributed by atoms with Gasteiger partial charge in [-0.3, -0.25) is 4.79 Å². The number of phenolic OH excluding ortho intramolecular Hbond substituents is 2. The number of aromatic hydroxyl groups is 2. The van der Waals surface area contributed by atoms with Crippen LogP contribution in [0, 0.1) is 0 Å². The predicted molar refractivity (Wildman–Crippen MR) is 142 cm³/mol. The lowest BCUT2D eigenvalue weighted by Gasteiger charge is -2.13. The number of rotatable bonds is 10. The van der Waals surface area contributed by atoms with Gasteiger partial charge in [-0.1, -0.05) is 18.2 Å². The number of anilines is 1. The first kappa shape index (κ1) is 26.8. The Kier molecular flexibility index (Phi) is 8.88. The summed E-state index contributed by atoms with van der Waals surface area (Å²) < 4.78 is 26.5. The van der Waals surface area contributed by atoms with Gasteiger partial charge < -0.3 is 39.2 Å². The molecule has 0 radical (unpaired) electrons. The second-order valence-electron chi connectivity index (χ2n) is 7.67. The van der Waals surface area contributed by atoms with E-state index >= 15 is 0 Å². The Balaban J connectivity index is 1.86. The van der Waals surface area contributed by atoms with E-state index in [0.29, 0.717) is 34.1 Å². The van der Waals surface area contributed by atoms with E-state index < -0.39 is 5.91 Å². The number of amides is 1. The number of carbonyl (C=O) groups is 1. The highest BCUT2D eigenvalue weighted by molar-refractivity contribution is 6.03. The van der Waals surface area contributed by atoms with Crippen LogP contribution in [0.15, 0.2) is 48.5 Å². The Morgan fingerprint density at radius 3 is 1.78 bits per heavy atom. The highest BCUT2D eigenvalue weighted by Crippen LogP contribution is 2.39. The maximum Gasteiger partial charge on any atom is 0.248 e. The predicted octanol–water partition coefficient (Wildman–Crippen LogP) is 4.96. The standard InChI is InChI=1S/C28H29NO8/c1-33-23-14-17(8-10-21(23)30)9-11-26(32)29-20-12-18(13-22(31)27(20)36-4)6-7-19-15-24(34-2)28(37-5)25(16-19)35-3/h6-16,30-31H,1-5H3,(H,29,32)/b7-6?,11-9+. The van der Waals surface area contributed by atoms with Crippen molar-refractivity contribution >= 4 is 29.8 Å². The third-order valence-corrected chi connectivity index (χ3v) is 5.34. The molecule has 0 spiro atoms. The molecule has 3 rings (SSSR count). The number of methoxy groups -OCH3 is 5. The molecular weight excluding hydrogens is 478 g/mol. The zero-order valence-electron chi connectivity index (χ0n) is 21.2. The van der Waals surface area contributed by atoms with E-state index in [1.165, 1.54) is 53.8 Å². The van der Waals surface area contributed by atoms with Gasteiger partial charge in [0, 0.05) is 6.08 Å². The van der Waals surface area contributed by atoms with Gasteiger partial charge in [-0.25, -0.2) is 0 Å². The van der Waals surface area contributed by atoms with Crippen molar-refractivity contribution in [1.29, 1.82) is 0 Å². The first-order valence-electron chi connectivity index (χ1n) is 11.1. The van der Waals surface area contributed by atoms with Crippen molar-refractivity contribution in [1.82, 2.24) is 0 Å². The molecule has 0 unspecified atom stereocenters. The number of ether oxygens (including phenoxy) is 5. The molecule has 194 valence electrons. The van der Waals surface area contributed by atoms with E-state index in [9.17, 15) is 15.0 Å². The lowest BCUT2D eigenvalue weighted by Crippen LogP contribution is -2.09. The number of hydrogen-bond acceptors (Lipinski definition) is 8. The molecule has 0 fully saturated rings. The van der Waals surface area contributed by atoms with Crippen LogP contribution in [0.5, 0.6) is 40.2 Å². The monoisotopic (exact) mass is 507 g/mol. The van der Waals surface area contributed by atoms with Gasteiger partial charge >= 0.3 is 0 Å². The van der Waals surface area contributed by atoms with Crippen LogP contribution in [-0.2, 0) is 4.79 Å². The summed E-state index contributed by atoms with van der Waals surface area (Å²) in [7, 11) is 7.44. The van der Waals surface area contributed by atoms with Crippen molar-refractivity contribution in [2.45, 2.75) is 0 Å². The Morgan fingerprint density at radius 2 is 1.22 bits per heavy atom. The van der Waals surface area contributed by atoms with Crippen molar-refractivity contribution in [3.05, 3.63) is 65.2 Å². The summed E-state index contributed by atoms with van der Waals surface area (Å²) in [6.45, 7) is 0. The second kappa shape index (κ2) is 12.3. The topological polar surface area (TPSA) is 116 Å².